The summed E-state index contributed by atoms with van der Waals surface area (Å²) in [7, 11) is 5.72. The number of anilines is 2. The lowest BCUT2D eigenvalue weighted by Gasteiger charge is -2.25. The van der Waals surface area contributed by atoms with Crippen molar-refractivity contribution in [1.29, 1.82) is 0 Å². The molecule has 0 saturated carbocycles. The van der Waals surface area contributed by atoms with Crippen LogP contribution in [0.15, 0.2) is 18.3 Å². The van der Waals surface area contributed by atoms with E-state index in [9.17, 15) is 0 Å². The number of aromatic nitrogens is 1. The molecule has 0 bridgehead atoms. The Bertz CT molecular complexity index is 339. The van der Waals surface area contributed by atoms with E-state index >= 15 is 0 Å². The quantitative estimate of drug-likeness (QED) is 0.823. The highest BCUT2D eigenvalue weighted by molar-refractivity contribution is 5.65. The third kappa shape index (κ3) is 3.89. The number of nitrogens with one attached hydrogen (secondary N) is 1. The van der Waals surface area contributed by atoms with Crippen molar-refractivity contribution in [3.05, 3.63) is 18.3 Å². The molecule has 0 aromatic carbocycles. The van der Waals surface area contributed by atoms with Gasteiger partial charge in [0.1, 0.15) is 0 Å². The first-order chi connectivity index (χ1) is 8.06. The molecule has 1 atom stereocenters. The molecular formula is C13H23N3O. The van der Waals surface area contributed by atoms with Crippen LogP contribution in [0.25, 0.3) is 0 Å². The second-order valence-electron chi connectivity index (χ2n) is 4.72. The van der Waals surface area contributed by atoms with Crippen molar-refractivity contribution in [2.75, 3.05) is 38.0 Å². The van der Waals surface area contributed by atoms with Crippen LogP contribution in [-0.4, -0.2) is 38.8 Å². The highest BCUT2D eigenvalue weighted by atomic mass is 16.5. The molecule has 96 valence electrons. The van der Waals surface area contributed by atoms with Crippen molar-refractivity contribution in [1.82, 2.24) is 4.98 Å². The third-order valence-electron chi connectivity index (χ3n) is 2.70. The summed E-state index contributed by atoms with van der Waals surface area (Å²) in [6.45, 7) is 5.06. The Morgan fingerprint density at radius 1 is 1.41 bits per heavy atom. The zero-order valence-electron chi connectivity index (χ0n) is 11.4. The Hall–Kier alpha value is -1.29. The number of methoxy groups -OCH3 is 1. The second-order valence-corrected chi connectivity index (χ2v) is 4.72. The summed E-state index contributed by atoms with van der Waals surface area (Å²) in [4.78, 5) is 6.38. The number of hydrogen-bond acceptors (Lipinski definition) is 4. The minimum atomic E-state index is 0.294. The summed E-state index contributed by atoms with van der Waals surface area (Å²) in [5.74, 6) is 1.46. The van der Waals surface area contributed by atoms with Crippen molar-refractivity contribution in [3.8, 4) is 0 Å². The first-order valence-electron chi connectivity index (χ1n) is 5.94. The van der Waals surface area contributed by atoms with Crippen molar-refractivity contribution in [3.63, 3.8) is 0 Å². The predicted molar refractivity (Wildman–Crippen MR) is 72.7 cm³/mol. The van der Waals surface area contributed by atoms with Gasteiger partial charge in [0.15, 0.2) is 5.82 Å². The van der Waals surface area contributed by atoms with Crippen molar-refractivity contribution in [2.24, 2.45) is 5.92 Å². The van der Waals surface area contributed by atoms with E-state index in [2.05, 4.69) is 24.1 Å². The summed E-state index contributed by atoms with van der Waals surface area (Å²) < 4.78 is 5.24. The zero-order chi connectivity index (χ0) is 12.8. The fourth-order valence-electron chi connectivity index (χ4n) is 1.65. The van der Waals surface area contributed by atoms with Gasteiger partial charge in [-0.25, -0.2) is 4.98 Å². The van der Waals surface area contributed by atoms with Crippen LogP contribution in [0, 0.1) is 5.92 Å². The lowest BCUT2D eigenvalue weighted by atomic mass is 10.1. The van der Waals surface area contributed by atoms with Gasteiger partial charge in [0, 0.05) is 27.4 Å². The minimum Gasteiger partial charge on any atom is -0.383 e. The third-order valence-corrected chi connectivity index (χ3v) is 2.70. The SMILES string of the molecule is COCC(Nc1cccnc1N(C)C)C(C)C. The summed E-state index contributed by atoms with van der Waals surface area (Å²) in [6.07, 6.45) is 1.81. The maximum absolute atomic E-state index is 5.24. The summed E-state index contributed by atoms with van der Waals surface area (Å²) in [5, 5.41) is 3.50. The van der Waals surface area contributed by atoms with Crippen molar-refractivity contribution >= 4 is 11.5 Å². The molecule has 0 aliphatic rings. The highest BCUT2D eigenvalue weighted by Crippen LogP contribution is 2.22. The van der Waals surface area contributed by atoms with Crippen molar-refractivity contribution < 1.29 is 4.74 Å². The molecule has 4 nitrogen and oxygen atoms in total. The summed E-state index contributed by atoms with van der Waals surface area (Å²) >= 11 is 0. The van der Waals surface area contributed by atoms with E-state index in [-0.39, 0.29) is 0 Å². The summed E-state index contributed by atoms with van der Waals surface area (Å²) in [5.41, 5.74) is 1.05. The van der Waals surface area contributed by atoms with Crippen LogP contribution in [-0.2, 0) is 4.74 Å². The minimum absolute atomic E-state index is 0.294. The number of rotatable bonds is 6. The maximum Gasteiger partial charge on any atom is 0.151 e. The zero-order valence-corrected chi connectivity index (χ0v) is 11.4. The van der Waals surface area contributed by atoms with Gasteiger partial charge in [-0.15, -0.1) is 0 Å². The number of ether oxygens (including phenoxy) is 1. The Labute approximate surface area is 104 Å². The van der Waals surface area contributed by atoms with Crippen molar-refractivity contribution in [2.45, 2.75) is 19.9 Å². The van der Waals surface area contributed by atoms with Crippen LogP contribution >= 0.6 is 0 Å². The van der Waals surface area contributed by atoms with E-state index in [0.717, 1.165) is 11.5 Å². The predicted octanol–water partition coefficient (Wildman–Crippen LogP) is 2.23. The average molecular weight is 237 g/mol. The Balaban J connectivity index is 2.85. The first kappa shape index (κ1) is 13.8. The molecule has 1 heterocycles. The molecule has 1 aromatic rings. The van der Waals surface area contributed by atoms with E-state index < -0.39 is 0 Å². The van der Waals surface area contributed by atoms with Gasteiger partial charge < -0.3 is 15.0 Å². The lowest BCUT2D eigenvalue weighted by molar-refractivity contribution is 0.171. The lowest BCUT2D eigenvalue weighted by Crippen LogP contribution is -2.31. The molecule has 1 aromatic heterocycles. The van der Waals surface area contributed by atoms with Crippen LogP contribution in [0.2, 0.25) is 0 Å². The molecule has 0 aliphatic heterocycles. The fraction of sp³-hybridized carbons (Fsp3) is 0.615. The standard InChI is InChI=1S/C13H23N3O/c1-10(2)12(9-17-5)15-11-7-6-8-14-13(11)16(3)4/h6-8,10,12,15H,9H2,1-5H3. The smallest absolute Gasteiger partial charge is 0.151 e. The van der Waals surface area contributed by atoms with Gasteiger partial charge >= 0.3 is 0 Å². The van der Waals surface area contributed by atoms with E-state index in [1.54, 1.807) is 13.3 Å². The molecule has 0 saturated heterocycles. The van der Waals surface area contributed by atoms with Gasteiger partial charge in [-0.2, -0.15) is 0 Å². The largest absolute Gasteiger partial charge is 0.383 e. The molecule has 4 heteroatoms. The highest BCUT2D eigenvalue weighted by Gasteiger charge is 2.15. The molecule has 1 rings (SSSR count). The Morgan fingerprint density at radius 3 is 2.65 bits per heavy atom. The molecule has 0 amide bonds. The molecule has 1 N–H and O–H groups in total. The monoisotopic (exact) mass is 237 g/mol. The fourth-order valence-corrected chi connectivity index (χ4v) is 1.65. The summed E-state index contributed by atoms with van der Waals surface area (Å²) in [6, 6.07) is 4.29. The van der Waals surface area contributed by atoms with E-state index in [4.69, 9.17) is 4.74 Å². The Morgan fingerprint density at radius 2 is 2.12 bits per heavy atom. The molecular weight excluding hydrogens is 214 g/mol. The number of nitrogens with zero attached hydrogens (tertiary/aromatic N) is 2. The molecule has 0 aliphatic carbocycles. The van der Waals surface area contributed by atoms with Crippen LogP contribution in [0.4, 0.5) is 11.5 Å². The Kier molecular flexibility index (Phi) is 5.22. The maximum atomic E-state index is 5.24. The molecule has 1 unspecified atom stereocenters. The first-order valence-corrected chi connectivity index (χ1v) is 5.94. The van der Waals surface area contributed by atoms with Gasteiger partial charge in [-0.3, -0.25) is 0 Å². The van der Waals surface area contributed by atoms with E-state index in [0.29, 0.717) is 18.6 Å². The second kappa shape index (κ2) is 6.45. The van der Waals surface area contributed by atoms with Crippen LogP contribution in [0.3, 0.4) is 0 Å². The topological polar surface area (TPSA) is 37.4 Å². The molecule has 0 radical (unpaired) electrons. The van der Waals surface area contributed by atoms with Gasteiger partial charge in [0.05, 0.1) is 18.3 Å². The average Bonchev–Trinajstić information content (AvgIpc) is 2.28. The van der Waals surface area contributed by atoms with E-state index in [1.165, 1.54) is 0 Å². The van der Waals surface area contributed by atoms with Gasteiger partial charge in [-0.1, -0.05) is 13.8 Å². The molecule has 17 heavy (non-hydrogen) atoms. The van der Waals surface area contributed by atoms with Gasteiger partial charge in [0.2, 0.25) is 0 Å². The van der Waals surface area contributed by atoms with Crippen LogP contribution in [0.5, 0.6) is 0 Å². The normalized spacial score (nSPS) is 12.6. The van der Waals surface area contributed by atoms with Crippen LogP contribution < -0.4 is 10.2 Å². The molecule has 0 fully saturated rings. The number of pyridine rings is 1. The number of hydrogen-bond donors (Lipinski definition) is 1. The van der Waals surface area contributed by atoms with Crippen LogP contribution in [0.1, 0.15) is 13.8 Å². The molecule has 0 spiro atoms. The van der Waals surface area contributed by atoms with E-state index in [1.807, 2.05) is 31.1 Å². The van der Waals surface area contributed by atoms with Gasteiger partial charge in [0.25, 0.3) is 0 Å². The van der Waals surface area contributed by atoms with Gasteiger partial charge in [-0.05, 0) is 18.1 Å².